The van der Waals surface area contributed by atoms with E-state index < -0.39 is 10.0 Å². The molecule has 0 bridgehead atoms. The first-order chi connectivity index (χ1) is 18.9. The molecule has 0 unspecified atom stereocenters. The van der Waals surface area contributed by atoms with Crippen LogP contribution in [0.5, 0.6) is 0 Å². The van der Waals surface area contributed by atoms with Crippen LogP contribution in [0, 0.1) is 5.82 Å². The lowest BCUT2D eigenvalue weighted by Gasteiger charge is -2.35. The third kappa shape index (κ3) is 4.83. The Labute approximate surface area is 224 Å². The maximum Gasteiger partial charge on any atom is 0.253 e. The Kier molecular flexibility index (Phi) is 6.69. The van der Waals surface area contributed by atoms with Gasteiger partial charge in [0.15, 0.2) is 17.0 Å². The molecule has 2 saturated heterocycles. The zero-order chi connectivity index (χ0) is 27.0. The zero-order valence-electron chi connectivity index (χ0n) is 21.1. The molecule has 2 fully saturated rings. The van der Waals surface area contributed by atoms with Crippen LogP contribution < -0.4 is 4.90 Å². The zero-order valence-corrected chi connectivity index (χ0v) is 22.0. The lowest BCUT2D eigenvalue weighted by molar-refractivity contribution is 0.0746. The minimum absolute atomic E-state index is 0.151. The topological polar surface area (TPSA) is 117 Å². The SMILES string of the molecule is O=C(c1ccc(S(=O)(=O)N2CCCCC2)cc1)N1CCN(c2ncnc3c2nnn3-c2cccc(F)c2)CC1. The first-order valence-corrected chi connectivity index (χ1v) is 14.3. The van der Waals surface area contributed by atoms with Gasteiger partial charge in [-0.1, -0.05) is 17.7 Å². The summed E-state index contributed by atoms with van der Waals surface area (Å²) in [7, 11) is -3.55. The summed E-state index contributed by atoms with van der Waals surface area (Å²) in [5, 5.41) is 8.41. The molecule has 1 amide bonds. The lowest BCUT2D eigenvalue weighted by atomic mass is 10.2. The highest BCUT2D eigenvalue weighted by Gasteiger charge is 2.28. The summed E-state index contributed by atoms with van der Waals surface area (Å²) < 4.78 is 42.6. The van der Waals surface area contributed by atoms with Crippen molar-refractivity contribution in [3.63, 3.8) is 0 Å². The second kappa shape index (κ2) is 10.3. The minimum atomic E-state index is -3.55. The van der Waals surface area contributed by atoms with E-state index in [1.54, 1.807) is 29.2 Å². The van der Waals surface area contributed by atoms with Crippen LogP contribution in [-0.2, 0) is 10.0 Å². The summed E-state index contributed by atoms with van der Waals surface area (Å²) in [4.78, 5) is 25.9. The van der Waals surface area contributed by atoms with E-state index in [4.69, 9.17) is 0 Å². The molecule has 202 valence electrons. The molecule has 13 heteroatoms. The molecule has 4 heterocycles. The average molecular weight is 551 g/mol. The Hall–Kier alpha value is -3.97. The summed E-state index contributed by atoms with van der Waals surface area (Å²) in [6.45, 7) is 3.02. The number of carbonyl (C=O) groups excluding carboxylic acids is 1. The van der Waals surface area contributed by atoms with E-state index in [-0.39, 0.29) is 16.6 Å². The predicted molar refractivity (Wildman–Crippen MR) is 142 cm³/mol. The first kappa shape index (κ1) is 25.3. The van der Waals surface area contributed by atoms with Crippen LogP contribution in [0.25, 0.3) is 16.9 Å². The highest BCUT2D eigenvalue weighted by atomic mass is 32.2. The standard InChI is InChI=1S/C26H27FN8O3S/c27-20-5-4-6-21(17-20)35-25-23(30-31-35)24(28-18-29-25)32-13-15-33(16-14-32)26(36)19-7-9-22(10-8-19)39(37,38)34-11-2-1-3-12-34/h4-10,17-18H,1-3,11-16H2. The molecule has 0 atom stereocenters. The molecule has 0 N–H and O–H groups in total. The number of benzene rings is 2. The normalized spacial score (nSPS) is 17.1. The van der Waals surface area contributed by atoms with Gasteiger partial charge >= 0.3 is 0 Å². The van der Waals surface area contributed by atoms with Crippen LogP contribution in [0.15, 0.2) is 59.8 Å². The van der Waals surface area contributed by atoms with Crippen molar-refractivity contribution in [3.05, 3.63) is 66.2 Å². The van der Waals surface area contributed by atoms with Gasteiger partial charge in [0.2, 0.25) is 10.0 Å². The van der Waals surface area contributed by atoms with Crippen molar-refractivity contribution in [2.45, 2.75) is 24.2 Å². The molecule has 2 aromatic carbocycles. The van der Waals surface area contributed by atoms with Crippen molar-refractivity contribution in [1.82, 2.24) is 34.2 Å². The van der Waals surface area contributed by atoms with E-state index in [9.17, 15) is 17.6 Å². The van der Waals surface area contributed by atoms with Gasteiger partial charge in [-0.05, 0) is 55.3 Å². The number of halogens is 1. The highest BCUT2D eigenvalue weighted by molar-refractivity contribution is 7.89. The number of piperidine rings is 1. The second-order valence-electron chi connectivity index (χ2n) is 9.62. The number of sulfonamides is 1. The number of rotatable bonds is 5. The summed E-state index contributed by atoms with van der Waals surface area (Å²) in [5.41, 5.74) is 1.91. The quantitative estimate of drug-likeness (QED) is 0.372. The Morgan fingerprint density at radius 2 is 1.62 bits per heavy atom. The molecule has 2 aliphatic rings. The fourth-order valence-corrected chi connectivity index (χ4v) is 6.59. The highest BCUT2D eigenvalue weighted by Crippen LogP contribution is 2.25. The van der Waals surface area contributed by atoms with E-state index in [0.717, 1.165) is 19.3 Å². The Morgan fingerprint density at radius 3 is 2.33 bits per heavy atom. The van der Waals surface area contributed by atoms with Gasteiger partial charge in [0.25, 0.3) is 5.91 Å². The van der Waals surface area contributed by atoms with Gasteiger partial charge in [0.1, 0.15) is 12.1 Å². The molecule has 0 radical (unpaired) electrons. The van der Waals surface area contributed by atoms with E-state index in [0.29, 0.717) is 67.5 Å². The average Bonchev–Trinajstić information content (AvgIpc) is 3.42. The molecule has 39 heavy (non-hydrogen) atoms. The lowest BCUT2D eigenvalue weighted by Crippen LogP contribution is -2.49. The van der Waals surface area contributed by atoms with Crippen LogP contribution in [0.1, 0.15) is 29.6 Å². The van der Waals surface area contributed by atoms with Crippen molar-refractivity contribution >= 4 is 32.9 Å². The maximum absolute atomic E-state index is 13.7. The Bertz CT molecular complexity index is 1610. The Balaban J connectivity index is 1.14. The van der Waals surface area contributed by atoms with Gasteiger partial charge in [-0.15, -0.1) is 5.10 Å². The molecule has 2 aromatic heterocycles. The molecule has 6 rings (SSSR count). The van der Waals surface area contributed by atoms with Gasteiger partial charge in [-0.25, -0.2) is 22.8 Å². The Morgan fingerprint density at radius 1 is 0.872 bits per heavy atom. The number of hydrogen-bond acceptors (Lipinski definition) is 8. The van der Waals surface area contributed by atoms with Crippen molar-refractivity contribution in [1.29, 1.82) is 0 Å². The number of anilines is 1. The number of fused-ring (bicyclic) bond motifs is 1. The predicted octanol–water partition coefficient (Wildman–Crippen LogP) is 2.49. The minimum Gasteiger partial charge on any atom is -0.351 e. The van der Waals surface area contributed by atoms with Crippen molar-refractivity contribution < 1.29 is 17.6 Å². The largest absolute Gasteiger partial charge is 0.351 e. The van der Waals surface area contributed by atoms with Crippen LogP contribution in [0.3, 0.4) is 0 Å². The number of nitrogens with zero attached hydrogens (tertiary/aromatic N) is 8. The number of aromatic nitrogens is 5. The summed E-state index contributed by atoms with van der Waals surface area (Å²) in [5.74, 6) is 0.0629. The fourth-order valence-electron chi connectivity index (χ4n) is 5.08. The van der Waals surface area contributed by atoms with Gasteiger partial charge in [0.05, 0.1) is 10.6 Å². The molecule has 0 aliphatic carbocycles. The third-order valence-electron chi connectivity index (χ3n) is 7.19. The molecule has 11 nitrogen and oxygen atoms in total. The van der Waals surface area contributed by atoms with E-state index in [1.165, 1.54) is 39.6 Å². The van der Waals surface area contributed by atoms with Gasteiger partial charge in [0, 0.05) is 44.8 Å². The van der Waals surface area contributed by atoms with Crippen LogP contribution in [0.2, 0.25) is 0 Å². The summed E-state index contributed by atoms with van der Waals surface area (Å²) >= 11 is 0. The van der Waals surface area contributed by atoms with Crippen LogP contribution in [0.4, 0.5) is 10.2 Å². The molecule has 0 saturated carbocycles. The van der Waals surface area contributed by atoms with Crippen molar-refractivity contribution in [2.75, 3.05) is 44.2 Å². The van der Waals surface area contributed by atoms with E-state index in [2.05, 4.69) is 20.3 Å². The first-order valence-electron chi connectivity index (χ1n) is 12.9. The van der Waals surface area contributed by atoms with Gasteiger partial charge < -0.3 is 9.80 Å². The molecule has 2 aliphatic heterocycles. The molecule has 0 spiro atoms. The number of hydrogen-bond donors (Lipinski definition) is 0. The van der Waals surface area contributed by atoms with Gasteiger partial charge in [-0.3, -0.25) is 4.79 Å². The smallest absolute Gasteiger partial charge is 0.253 e. The third-order valence-corrected chi connectivity index (χ3v) is 9.10. The van der Waals surface area contributed by atoms with E-state index in [1.807, 2.05) is 4.90 Å². The van der Waals surface area contributed by atoms with Crippen LogP contribution >= 0.6 is 0 Å². The van der Waals surface area contributed by atoms with Crippen molar-refractivity contribution in [2.24, 2.45) is 0 Å². The van der Waals surface area contributed by atoms with Crippen molar-refractivity contribution in [3.8, 4) is 5.69 Å². The molecule has 4 aromatic rings. The summed E-state index contributed by atoms with van der Waals surface area (Å²) in [6, 6.07) is 12.2. The second-order valence-corrected chi connectivity index (χ2v) is 11.6. The fraction of sp³-hybridized carbons (Fsp3) is 0.346. The monoisotopic (exact) mass is 550 g/mol. The van der Waals surface area contributed by atoms with Gasteiger partial charge in [-0.2, -0.15) is 8.99 Å². The number of piperazine rings is 1. The molecular formula is C26H27FN8O3S. The molecular weight excluding hydrogens is 523 g/mol. The number of carbonyl (C=O) groups is 1. The maximum atomic E-state index is 13.7. The number of amides is 1. The summed E-state index contributed by atoms with van der Waals surface area (Å²) in [6.07, 6.45) is 4.21. The van der Waals surface area contributed by atoms with Crippen LogP contribution in [-0.4, -0.2) is 87.8 Å². The van der Waals surface area contributed by atoms with E-state index >= 15 is 0 Å².